The maximum Gasteiger partial charge on any atom is 0.308 e. The van der Waals surface area contributed by atoms with Crippen LogP contribution < -0.4 is 15.0 Å². The van der Waals surface area contributed by atoms with Gasteiger partial charge in [-0.1, -0.05) is 13.3 Å². The molecule has 2 aromatic rings. The third-order valence-electron chi connectivity index (χ3n) is 3.49. The lowest BCUT2D eigenvalue weighted by Crippen LogP contribution is -2.22. The van der Waals surface area contributed by atoms with E-state index in [1.54, 1.807) is 0 Å². The fraction of sp³-hybridized carbons (Fsp3) is 0.375. The molecule has 0 aliphatic rings. The molecule has 0 saturated heterocycles. The number of non-ortho nitro benzene ring substituents is 1. The summed E-state index contributed by atoms with van der Waals surface area (Å²) in [4.78, 5) is 34.2. The number of esters is 1. The molecule has 2 rings (SSSR count). The van der Waals surface area contributed by atoms with Crippen molar-refractivity contribution in [1.29, 1.82) is 0 Å². The number of nitrogens with zero attached hydrogens (tertiary/aromatic N) is 2. The Morgan fingerprint density at radius 2 is 2.04 bits per heavy atom. The van der Waals surface area contributed by atoms with Crippen LogP contribution >= 0.6 is 0 Å². The van der Waals surface area contributed by atoms with Gasteiger partial charge in [0, 0.05) is 31.5 Å². The molecule has 0 unspecified atom stereocenters. The number of carbonyl (C=O) groups is 1. The van der Waals surface area contributed by atoms with Crippen LogP contribution in [-0.2, 0) is 11.8 Å². The predicted molar refractivity (Wildman–Crippen MR) is 87.6 cm³/mol. The molecular formula is C16H18N2O6. The average molecular weight is 334 g/mol. The minimum absolute atomic E-state index is 0.131. The lowest BCUT2D eigenvalue weighted by atomic mass is 10.1. The Morgan fingerprint density at radius 3 is 2.62 bits per heavy atom. The van der Waals surface area contributed by atoms with Crippen LogP contribution in [-0.4, -0.2) is 22.1 Å². The zero-order valence-corrected chi connectivity index (χ0v) is 13.7. The van der Waals surface area contributed by atoms with Crippen LogP contribution in [0.15, 0.2) is 23.0 Å². The number of ether oxygens (including phenoxy) is 2. The topological polar surface area (TPSA) is 101 Å². The SMILES string of the molecule is CCCCOc1c(OC(C)=O)c(=O)n(C)c2cc([N+](=O)[O-])ccc12. The molecule has 0 amide bonds. The molecule has 0 radical (unpaired) electrons. The molecule has 0 spiro atoms. The minimum atomic E-state index is -0.645. The van der Waals surface area contributed by atoms with Crippen molar-refractivity contribution in [2.24, 2.45) is 7.05 Å². The number of aryl methyl sites for hydroxylation is 1. The van der Waals surface area contributed by atoms with Crippen LogP contribution in [0.1, 0.15) is 26.7 Å². The Balaban J connectivity index is 2.74. The Hall–Kier alpha value is -2.90. The van der Waals surface area contributed by atoms with Gasteiger partial charge in [-0.2, -0.15) is 0 Å². The maximum atomic E-state index is 12.5. The van der Waals surface area contributed by atoms with E-state index in [0.29, 0.717) is 17.5 Å². The highest BCUT2D eigenvalue weighted by Gasteiger charge is 2.21. The first-order valence-electron chi connectivity index (χ1n) is 7.49. The molecule has 0 N–H and O–H groups in total. The summed E-state index contributed by atoms with van der Waals surface area (Å²) in [5.74, 6) is -0.720. The van der Waals surface area contributed by atoms with E-state index >= 15 is 0 Å². The van der Waals surface area contributed by atoms with Gasteiger partial charge in [0.15, 0.2) is 5.75 Å². The first-order chi connectivity index (χ1) is 11.4. The van der Waals surface area contributed by atoms with Crippen molar-refractivity contribution in [2.75, 3.05) is 6.61 Å². The number of hydrogen-bond donors (Lipinski definition) is 0. The van der Waals surface area contributed by atoms with Gasteiger partial charge in [0.1, 0.15) is 0 Å². The highest BCUT2D eigenvalue weighted by molar-refractivity contribution is 5.90. The molecule has 0 aliphatic heterocycles. The maximum absolute atomic E-state index is 12.5. The molecule has 0 fully saturated rings. The average Bonchev–Trinajstić information content (AvgIpc) is 2.54. The highest BCUT2D eigenvalue weighted by atomic mass is 16.6. The number of rotatable bonds is 6. The number of unbranched alkanes of at least 4 members (excludes halogenated alkanes) is 1. The molecular weight excluding hydrogens is 316 g/mol. The van der Waals surface area contributed by atoms with Gasteiger partial charge >= 0.3 is 5.97 Å². The molecule has 0 bridgehead atoms. The fourth-order valence-electron chi connectivity index (χ4n) is 2.28. The van der Waals surface area contributed by atoms with Gasteiger partial charge in [-0.3, -0.25) is 19.7 Å². The van der Waals surface area contributed by atoms with Gasteiger partial charge in [0.05, 0.1) is 17.0 Å². The van der Waals surface area contributed by atoms with Crippen LogP contribution in [0.25, 0.3) is 10.9 Å². The number of benzene rings is 1. The second-order valence-corrected chi connectivity index (χ2v) is 5.28. The fourth-order valence-corrected chi connectivity index (χ4v) is 2.28. The van der Waals surface area contributed by atoms with Gasteiger partial charge in [0.25, 0.3) is 11.2 Å². The van der Waals surface area contributed by atoms with Crippen LogP contribution in [0.3, 0.4) is 0 Å². The van der Waals surface area contributed by atoms with Gasteiger partial charge in [0.2, 0.25) is 5.75 Å². The number of aromatic nitrogens is 1. The first-order valence-corrected chi connectivity index (χ1v) is 7.49. The van der Waals surface area contributed by atoms with E-state index in [4.69, 9.17) is 9.47 Å². The summed E-state index contributed by atoms with van der Waals surface area (Å²) < 4.78 is 11.9. The summed E-state index contributed by atoms with van der Waals surface area (Å²) in [5, 5.41) is 11.4. The molecule has 0 saturated carbocycles. The summed E-state index contributed by atoms with van der Waals surface area (Å²) in [7, 11) is 1.46. The first kappa shape index (κ1) is 17.5. The van der Waals surface area contributed by atoms with Gasteiger partial charge in [-0.25, -0.2) is 0 Å². The summed E-state index contributed by atoms with van der Waals surface area (Å²) in [6.45, 7) is 3.52. The number of carbonyl (C=O) groups excluding carboxylic acids is 1. The molecule has 8 nitrogen and oxygen atoms in total. The molecule has 8 heteroatoms. The summed E-state index contributed by atoms with van der Waals surface area (Å²) >= 11 is 0. The van der Waals surface area contributed by atoms with Gasteiger partial charge in [-0.15, -0.1) is 0 Å². The van der Waals surface area contributed by atoms with E-state index in [1.165, 1.54) is 36.7 Å². The quantitative estimate of drug-likeness (QED) is 0.348. The van der Waals surface area contributed by atoms with Crippen molar-refractivity contribution in [3.8, 4) is 11.5 Å². The van der Waals surface area contributed by atoms with E-state index in [0.717, 1.165) is 12.8 Å². The third kappa shape index (κ3) is 3.37. The zero-order valence-electron chi connectivity index (χ0n) is 13.7. The normalized spacial score (nSPS) is 10.6. The number of nitro groups is 1. The number of fused-ring (bicyclic) bond motifs is 1. The summed E-state index contributed by atoms with van der Waals surface area (Å²) in [6, 6.07) is 4.10. The molecule has 0 atom stereocenters. The van der Waals surface area contributed by atoms with Crippen LogP contribution in [0, 0.1) is 10.1 Å². The zero-order chi connectivity index (χ0) is 17.9. The van der Waals surface area contributed by atoms with Crippen molar-refractivity contribution in [3.63, 3.8) is 0 Å². The van der Waals surface area contributed by atoms with Crippen molar-refractivity contribution < 1.29 is 19.2 Å². The van der Waals surface area contributed by atoms with Crippen LogP contribution in [0.4, 0.5) is 5.69 Å². The molecule has 128 valence electrons. The van der Waals surface area contributed by atoms with Crippen molar-refractivity contribution >= 4 is 22.6 Å². The Labute approximate surface area is 137 Å². The molecule has 1 heterocycles. The van der Waals surface area contributed by atoms with Crippen molar-refractivity contribution in [1.82, 2.24) is 4.57 Å². The van der Waals surface area contributed by atoms with E-state index in [9.17, 15) is 19.7 Å². The van der Waals surface area contributed by atoms with E-state index < -0.39 is 16.5 Å². The largest absolute Gasteiger partial charge is 0.489 e. The van der Waals surface area contributed by atoms with Crippen molar-refractivity contribution in [2.45, 2.75) is 26.7 Å². The summed E-state index contributed by atoms with van der Waals surface area (Å²) in [5.41, 5.74) is -0.404. The van der Waals surface area contributed by atoms with Crippen LogP contribution in [0.2, 0.25) is 0 Å². The molecule has 1 aromatic carbocycles. The van der Waals surface area contributed by atoms with E-state index in [1.807, 2.05) is 6.92 Å². The van der Waals surface area contributed by atoms with E-state index in [-0.39, 0.29) is 17.2 Å². The lowest BCUT2D eigenvalue weighted by molar-refractivity contribution is -0.384. The molecule has 0 aliphatic carbocycles. The number of nitro benzene ring substituents is 1. The monoisotopic (exact) mass is 334 g/mol. The molecule has 24 heavy (non-hydrogen) atoms. The standard InChI is InChI=1S/C16H18N2O6/c1-4-5-8-23-14-12-7-6-11(18(21)22)9-13(12)17(3)16(20)15(14)24-10(2)19/h6-7,9H,4-5,8H2,1-3H3. The number of hydrogen-bond acceptors (Lipinski definition) is 6. The van der Waals surface area contributed by atoms with Gasteiger partial charge < -0.3 is 14.0 Å². The predicted octanol–water partition coefficient (Wildman–Crippen LogP) is 2.55. The minimum Gasteiger partial charge on any atom is -0.489 e. The van der Waals surface area contributed by atoms with Gasteiger partial charge in [-0.05, 0) is 12.5 Å². The smallest absolute Gasteiger partial charge is 0.308 e. The Bertz CT molecular complexity index is 856. The summed E-state index contributed by atoms with van der Waals surface area (Å²) in [6.07, 6.45) is 1.64. The second kappa shape index (κ2) is 7.12. The highest BCUT2D eigenvalue weighted by Crippen LogP contribution is 2.34. The third-order valence-corrected chi connectivity index (χ3v) is 3.49. The van der Waals surface area contributed by atoms with Crippen LogP contribution in [0.5, 0.6) is 11.5 Å². The Kier molecular flexibility index (Phi) is 5.18. The second-order valence-electron chi connectivity index (χ2n) is 5.28. The Morgan fingerprint density at radius 1 is 1.33 bits per heavy atom. The van der Waals surface area contributed by atoms with E-state index in [2.05, 4.69) is 0 Å². The molecule has 1 aromatic heterocycles. The number of pyridine rings is 1. The van der Waals surface area contributed by atoms with Crippen molar-refractivity contribution in [3.05, 3.63) is 38.7 Å². The lowest BCUT2D eigenvalue weighted by Gasteiger charge is -2.15.